The normalized spacial score (nSPS) is 10.0. The maximum absolute atomic E-state index is 10.7. The Kier molecular flexibility index (Phi) is 3.46. The molecule has 1 aromatic rings. The van der Waals surface area contributed by atoms with Crippen molar-refractivity contribution in [2.24, 2.45) is 5.73 Å². The fourth-order valence-corrected chi connectivity index (χ4v) is 1.33. The molecule has 0 spiro atoms. The number of hydrogen-bond acceptors (Lipinski definition) is 5. The van der Waals surface area contributed by atoms with E-state index in [4.69, 9.17) is 16.2 Å². The van der Waals surface area contributed by atoms with E-state index in [0.717, 1.165) is 0 Å². The molecule has 0 bridgehead atoms. The Balaban J connectivity index is 3.25. The van der Waals surface area contributed by atoms with Crippen LogP contribution in [0.1, 0.15) is 5.56 Å². The zero-order valence-corrected chi connectivity index (χ0v) is 8.40. The minimum atomic E-state index is -0.471. The highest BCUT2D eigenvalue weighted by atomic mass is 16.6. The minimum Gasteiger partial charge on any atom is -0.495 e. The third-order valence-electron chi connectivity index (χ3n) is 2.04. The van der Waals surface area contributed by atoms with Gasteiger partial charge in [0.25, 0.3) is 5.69 Å². The van der Waals surface area contributed by atoms with Crippen LogP contribution in [-0.4, -0.2) is 18.6 Å². The Morgan fingerprint density at radius 3 is 2.67 bits per heavy atom. The van der Waals surface area contributed by atoms with Gasteiger partial charge in [-0.1, -0.05) is 0 Å². The first-order valence-electron chi connectivity index (χ1n) is 4.41. The zero-order chi connectivity index (χ0) is 11.4. The van der Waals surface area contributed by atoms with Crippen molar-refractivity contribution in [3.63, 3.8) is 0 Å². The molecular formula is C9H13N3O3. The van der Waals surface area contributed by atoms with Crippen molar-refractivity contribution in [3.05, 3.63) is 27.8 Å². The molecule has 4 N–H and O–H groups in total. The van der Waals surface area contributed by atoms with E-state index in [1.807, 2.05) is 0 Å². The summed E-state index contributed by atoms with van der Waals surface area (Å²) in [5, 5.41) is 10.7. The first-order valence-corrected chi connectivity index (χ1v) is 4.41. The Labute approximate surface area is 87.0 Å². The standard InChI is InChI=1S/C9H13N3O3/c1-15-9-4-6(2-3-10)8(12(13)14)5-7(9)11/h4-5H,2-3,10-11H2,1H3. The first kappa shape index (κ1) is 11.3. The van der Waals surface area contributed by atoms with Crippen LogP contribution in [0.4, 0.5) is 11.4 Å². The van der Waals surface area contributed by atoms with E-state index in [9.17, 15) is 10.1 Å². The Morgan fingerprint density at radius 1 is 1.53 bits per heavy atom. The molecule has 0 aliphatic rings. The number of nitrogen functional groups attached to an aromatic ring is 1. The van der Waals surface area contributed by atoms with Gasteiger partial charge in [-0.05, 0) is 19.0 Å². The molecule has 1 rings (SSSR count). The summed E-state index contributed by atoms with van der Waals surface area (Å²) in [6.45, 7) is 0.341. The highest BCUT2D eigenvalue weighted by molar-refractivity contribution is 5.62. The lowest BCUT2D eigenvalue weighted by Gasteiger charge is -2.07. The van der Waals surface area contributed by atoms with Gasteiger partial charge in [0.1, 0.15) is 5.75 Å². The first-order chi connectivity index (χ1) is 7.10. The molecular weight excluding hydrogens is 198 g/mol. The molecule has 0 heterocycles. The molecule has 0 aromatic heterocycles. The summed E-state index contributed by atoms with van der Waals surface area (Å²) < 4.78 is 4.98. The van der Waals surface area contributed by atoms with Gasteiger partial charge in [0.15, 0.2) is 0 Å². The van der Waals surface area contributed by atoms with E-state index in [2.05, 4.69) is 0 Å². The fourth-order valence-electron chi connectivity index (χ4n) is 1.33. The van der Waals surface area contributed by atoms with Crippen LogP contribution in [0.15, 0.2) is 12.1 Å². The molecule has 0 aliphatic heterocycles. The average Bonchev–Trinajstić information content (AvgIpc) is 2.20. The Morgan fingerprint density at radius 2 is 2.20 bits per heavy atom. The summed E-state index contributed by atoms with van der Waals surface area (Å²) in [5.41, 5.74) is 11.7. The van der Waals surface area contributed by atoms with Gasteiger partial charge in [0.05, 0.1) is 17.7 Å². The number of nitrogens with two attached hydrogens (primary N) is 2. The van der Waals surface area contributed by atoms with Crippen molar-refractivity contribution in [2.45, 2.75) is 6.42 Å². The van der Waals surface area contributed by atoms with E-state index in [0.29, 0.717) is 24.3 Å². The predicted molar refractivity (Wildman–Crippen MR) is 56.8 cm³/mol. The topological polar surface area (TPSA) is 104 Å². The number of rotatable bonds is 4. The van der Waals surface area contributed by atoms with Gasteiger partial charge in [-0.2, -0.15) is 0 Å². The van der Waals surface area contributed by atoms with Gasteiger partial charge in [0, 0.05) is 11.6 Å². The van der Waals surface area contributed by atoms with Gasteiger partial charge < -0.3 is 16.2 Å². The second-order valence-electron chi connectivity index (χ2n) is 3.02. The molecule has 15 heavy (non-hydrogen) atoms. The van der Waals surface area contributed by atoms with Gasteiger partial charge in [0.2, 0.25) is 0 Å². The van der Waals surface area contributed by atoms with Crippen LogP contribution in [-0.2, 0) is 6.42 Å². The summed E-state index contributed by atoms with van der Waals surface area (Å²) in [4.78, 5) is 10.2. The van der Waals surface area contributed by atoms with Crippen molar-refractivity contribution in [3.8, 4) is 5.75 Å². The van der Waals surface area contributed by atoms with Gasteiger partial charge in [-0.3, -0.25) is 10.1 Å². The minimum absolute atomic E-state index is 0.0150. The number of anilines is 1. The molecule has 0 saturated carbocycles. The monoisotopic (exact) mass is 211 g/mol. The van der Waals surface area contributed by atoms with E-state index in [-0.39, 0.29) is 11.4 Å². The second-order valence-corrected chi connectivity index (χ2v) is 3.02. The van der Waals surface area contributed by atoms with E-state index >= 15 is 0 Å². The van der Waals surface area contributed by atoms with Crippen molar-refractivity contribution >= 4 is 11.4 Å². The molecule has 82 valence electrons. The molecule has 0 amide bonds. The van der Waals surface area contributed by atoms with E-state index in [1.54, 1.807) is 6.07 Å². The number of ether oxygens (including phenoxy) is 1. The van der Waals surface area contributed by atoms with Gasteiger partial charge in [-0.25, -0.2) is 0 Å². The molecule has 0 unspecified atom stereocenters. The van der Waals surface area contributed by atoms with Gasteiger partial charge >= 0.3 is 0 Å². The highest BCUT2D eigenvalue weighted by Crippen LogP contribution is 2.30. The number of hydrogen-bond donors (Lipinski definition) is 2. The predicted octanol–water partition coefficient (Wildman–Crippen LogP) is 0.687. The molecule has 6 nitrogen and oxygen atoms in total. The van der Waals surface area contributed by atoms with E-state index in [1.165, 1.54) is 13.2 Å². The second kappa shape index (κ2) is 4.61. The van der Waals surface area contributed by atoms with Crippen molar-refractivity contribution in [1.29, 1.82) is 0 Å². The fraction of sp³-hybridized carbons (Fsp3) is 0.333. The van der Waals surface area contributed by atoms with Gasteiger partial charge in [-0.15, -0.1) is 0 Å². The van der Waals surface area contributed by atoms with Crippen LogP contribution >= 0.6 is 0 Å². The lowest BCUT2D eigenvalue weighted by Crippen LogP contribution is -2.06. The third kappa shape index (κ3) is 2.35. The van der Waals surface area contributed by atoms with Crippen molar-refractivity contribution in [2.75, 3.05) is 19.4 Å². The number of nitro benzene ring substituents is 1. The maximum atomic E-state index is 10.7. The summed E-state index contributed by atoms with van der Waals surface area (Å²) in [5.74, 6) is 0.434. The lowest BCUT2D eigenvalue weighted by atomic mass is 10.1. The maximum Gasteiger partial charge on any atom is 0.274 e. The van der Waals surface area contributed by atoms with Crippen LogP contribution in [0.2, 0.25) is 0 Å². The summed E-state index contributed by atoms with van der Waals surface area (Å²) in [6.07, 6.45) is 0.424. The van der Waals surface area contributed by atoms with Crippen LogP contribution < -0.4 is 16.2 Å². The summed E-state index contributed by atoms with van der Waals surface area (Å²) >= 11 is 0. The molecule has 1 aromatic carbocycles. The van der Waals surface area contributed by atoms with Crippen molar-refractivity contribution < 1.29 is 9.66 Å². The largest absolute Gasteiger partial charge is 0.495 e. The molecule has 6 heteroatoms. The Bertz CT molecular complexity index is 379. The molecule has 0 fully saturated rings. The molecule has 0 radical (unpaired) electrons. The number of methoxy groups -OCH3 is 1. The van der Waals surface area contributed by atoms with Crippen LogP contribution in [0.3, 0.4) is 0 Å². The van der Waals surface area contributed by atoms with Crippen LogP contribution in [0.25, 0.3) is 0 Å². The van der Waals surface area contributed by atoms with Crippen LogP contribution in [0, 0.1) is 10.1 Å². The lowest BCUT2D eigenvalue weighted by molar-refractivity contribution is -0.385. The smallest absolute Gasteiger partial charge is 0.274 e. The number of benzene rings is 1. The molecule has 0 saturated heterocycles. The third-order valence-corrected chi connectivity index (χ3v) is 2.04. The Hall–Kier alpha value is -1.82. The number of nitro groups is 1. The highest BCUT2D eigenvalue weighted by Gasteiger charge is 2.16. The quantitative estimate of drug-likeness (QED) is 0.433. The summed E-state index contributed by atoms with van der Waals surface area (Å²) in [6, 6.07) is 2.85. The zero-order valence-electron chi connectivity index (χ0n) is 8.40. The average molecular weight is 211 g/mol. The van der Waals surface area contributed by atoms with Crippen LogP contribution in [0.5, 0.6) is 5.75 Å². The molecule has 0 aliphatic carbocycles. The summed E-state index contributed by atoms with van der Waals surface area (Å²) in [7, 11) is 1.46. The molecule has 0 atom stereocenters. The van der Waals surface area contributed by atoms with Crippen molar-refractivity contribution in [1.82, 2.24) is 0 Å². The van der Waals surface area contributed by atoms with E-state index < -0.39 is 4.92 Å². The SMILES string of the molecule is COc1cc(CCN)c([N+](=O)[O-])cc1N. The number of nitrogens with zero attached hydrogens (tertiary/aromatic N) is 1.